The van der Waals surface area contributed by atoms with Crippen LogP contribution < -0.4 is 0 Å². The lowest BCUT2D eigenvalue weighted by Crippen LogP contribution is -2.29. The van der Waals surface area contributed by atoms with E-state index < -0.39 is 0 Å². The van der Waals surface area contributed by atoms with Gasteiger partial charge in [-0.15, -0.1) is 47.0 Å². The van der Waals surface area contributed by atoms with E-state index in [2.05, 4.69) is 0 Å². The molecule has 2 unspecified atom stereocenters. The smallest absolute Gasteiger partial charge is 0.0717 e. The summed E-state index contributed by atoms with van der Waals surface area (Å²) >= 11 is 13.8. The van der Waals surface area contributed by atoms with Gasteiger partial charge in [0.25, 0.3) is 0 Å². The van der Waals surface area contributed by atoms with Crippen LogP contribution in [0.1, 0.15) is 0 Å². The molecular formula is C14H16O4S8. The second-order valence-electron chi connectivity index (χ2n) is 5.49. The molecule has 4 atom stereocenters. The van der Waals surface area contributed by atoms with Crippen molar-refractivity contribution < 1.29 is 20.4 Å². The van der Waals surface area contributed by atoms with Crippen molar-refractivity contribution in [3.63, 3.8) is 0 Å². The van der Waals surface area contributed by atoms with Gasteiger partial charge in [-0.05, 0) is 0 Å². The summed E-state index contributed by atoms with van der Waals surface area (Å²) in [6, 6.07) is 0. The van der Waals surface area contributed by atoms with Gasteiger partial charge in [0.05, 0.1) is 51.9 Å². The van der Waals surface area contributed by atoms with Gasteiger partial charge in [0, 0.05) is 21.0 Å². The normalized spacial score (nSPS) is 34.6. The summed E-state index contributed by atoms with van der Waals surface area (Å²) in [5.74, 6) is 0. The minimum atomic E-state index is 0.0400. The van der Waals surface area contributed by atoms with Crippen LogP contribution in [0.2, 0.25) is 0 Å². The molecule has 4 aliphatic rings. The van der Waals surface area contributed by atoms with E-state index in [1.54, 1.807) is 94.1 Å². The molecule has 0 radical (unpaired) electrons. The van der Waals surface area contributed by atoms with Gasteiger partial charge in [0.15, 0.2) is 0 Å². The predicted octanol–water partition coefficient (Wildman–Crippen LogP) is 3.73. The first kappa shape index (κ1) is 21.1. The first-order valence-electron chi connectivity index (χ1n) is 7.71. The predicted molar refractivity (Wildman–Crippen MR) is 125 cm³/mol. The topological polar surface area (TPSA) is 80.9 Å². The molecule has 0 bridgehead atoms. The van der Waals surface area contributed by atoms with E-state index >= 15 is 0 Å². The zero-order valence-corrected chi connectivity index (χ0v) is 19.7. The fourth-order valence-electron chi connectivity index (χ4n) is 2.47. The Bertz CT molecular complexity index is 570. The Morgan fingerprint density at radius 2 is 0.654 bits per heavy atom. The molecule has 0 spiro atoms. The molecule has 0 amide bonds. The molecule has 4 rings (SSSR count). The highest BCUT2D eigenvalue weighted by Crippen LogP contribution is 2.69. The third-order valence-electron chi connectivity index (χ3n) is 3.82. The van der Waals surface area contributed by atoms with E-state index in [1.165, 1.54) is 25.4 Å². The maximum absolute atomic E-state index is 9.57. The maximum atomic E-state index is 9.57. The zero-order valence-electron chi connectivity index (χ0n) is 13.2. The standard InChI is InChI=1S/C14H16O4S8/c15-1-5-6(2-16)20-10-9(19-5)23-13(24-10)14-25-11-12(26-14)22-8(4-18)7(3-17)21-11/h5-8,15-18H,1-4H2/t5-,6+,7?,8?. The van der Waals surface area contributed by atoms with Crippen molar-refractivity contribution in [3.05, 3.63) is 25.4 Å². The first-order valence-corrected chi connectivity index (χ1v) is 14.5. The minimum absolute atomic E-state index is 0.0400. The van der Waals surface area contributed by atoms with Gasteiger partial charge in [0.2, 0.25) is 0 Å². The van der Waals surface area contributed by atoms with E-state index in [0.717, 1.165) is 0 Å². The zero-order chi connectivity index (χ0) is 18.3. The van der Waals surface area contributed by atoms with E-state index in [9.17, 15) is 20.4 Å². The lowest BCUT2D eigenvalue weighted by molar-refractivity contribution is 0.253. The van der Waals surface area contributed by atoms with Crippen molar-refractivity contribution in [1.82, 2.24) is 0 Å². The van der Waals surface area contributed by atoms with Crippen LogP contribution in [0, 0.1) is 0 Å². The Balaban J connectivity index is 1.47. The summed E-state index contributed by atoms with van der Waals surface area (Å²) in [5.41, 5.74) is 0. The van der Waals surface area contributed by atoms with Crippen LogP contribution in [0.25, 0.3) is 0 Å². The minimum Gasteiger partial charge on any atom is -0.395 e. The van der Waals surface area contributed by atoms with E-state index in [-0.39, 0.29) is 47.4 Å². The summed E-state index contributed by atoms with van der Waals surface area (Å²) < 4.78 is 7.46. The molecule has 4 aliphatic heterocycles. The van der Waals surface area contributed by atoms with Crippen LogP contribution in [0.5, 0.6) is 0 Å². The van der Waals surface area contributed by atoms with Crippen LogP contribution in [-0.4, -0.2) is 67.9 Å². The highest BCUT2D eigenvalue weighted by molar-refractivity contribution is 8.45. The van der Waals surface area contributed by atoms with Gasteiger partial charge in [-0.2, -0.15) is 0 Å². The van der Waals surface area contributed by atoms with Crippen molar-refractivity contribution in [2.45, 2.75) is 21.0 Å². The lowest BCUT2D eigenvalue weighted by atomic mass is 10.3. The molecule has 4 nitrogen and oxygen atoms in total. The summed E-state index contributed by atoms with van der Waals surface area (Å²) in [4.78, 5) is 0. The maximum Gasteiger partial charge on any atom is 0.0717 e. The largest absolute Gasteiger partial charge is 0.395 e. The molecule has 0 aliphatic carbocycles. The number of rotatable bonds is 4. The first-order chi connectivity index (χ1) is 12.7. The summed E-state index contributed by atoms with van der Waals surface area (Å²) in [5, 5.41) is 38.4. The quantitative estimate of drug-likeness (QED) is 0.450. The van der Waals surface area contributed by atoms with Gasteiger partial charge in [-0.3, -0.25) is 0 Å². The van der Waals surface area contributed by atoms with Gasteiger partial charge in [-0.25, -0.2) is 0 Å². The Labute approximate surface area is 186 Å². The fourth-order valence-corrected chi connectivity index (χ4v) is 15.6. The molecule has 0 aromatic rings. The third-order valence-corrected chi connectivity index (χ3v) is 16.8. The molecule has 0 saturated carbocycles. The van der Waals surface area contributed by atoms with E-state index in [0.29, 0.717) is 0 Å². The third kappa shape index (κ3) is 4.18. The van der Waals surface area contributed by atoms with Crippen molar-refractivity contribution in [2.75, 3.05) is 26.4 Å². The number of aliphatic hydroxyl groups is 4. The molecular weight excluding hydrogens is 489 g/mol. The lowest BCUT2D eigenvalue weighted by Gasteiger charge is -2.27. The molecule has 0 aromatic heterocycles. The second kappa shape index (κ2) is 9.34. The molecule has 12 heteroatoms. The average molecular weight is 505 g/mol. The molecule has 144 valence electrons. The van der Waals surface area contributed by atoms with Crippen LogP contribution in [-0.2, 0) is 0 Å². The summed E-state index contributed by atoms with van der Waals surface area (Å²) in [6.45, 7) is 0.312. The Hall–Kier alpha value is 1.86. The Morgan fingerprint density at radius 3 is 0.846 bits per heavy atom. The molecule has 4 N–H and O–H groups in total. The molecule has 4 heterocycles. The summed E-state index contributed by atoms with van der Waals surface area (Å²) in [7, 11) is 0. The van der Waals surface area contributed by atoms with Gasteiger partial charge >= 0.3 is 0 Å². The van der Waals surface area contributed by atoms with Crippen molar-refractivity contribution in [2.24, 2.45) is 0 Å². The highest BCUT2D eigenvalue weighted by Gasteiger charge is 2.40. The van der Waals surface area contributed by atoms with Gasteiger partial charge in [0.1, 0.15) is 0 Å². The molecule has 26 heavy (non-hydrogen) atoms. The van der Waals surface area contributed by atoms with E-state index in [1.807, 2.05) is 0 Å². The molecule has 0 fully saturated rings. The number of hydrogen-bond acceptors (Lipinski definition) is 12. The van der Waals surface area contributed by atoms with E-state index in [4.69, 9.17) is 0 Å². The van der Waals surface area contributed by atoms with Crippen LogP contribution in [0.3, 0.4) is 0 Å². The Kier molecular flexibility index (Phi) is 7.58. The van der Waals surface area contributed by atoms with Gasteiger partial charge in [-0.1, -0.05) is 47.0 Å². The monoisotopic (exact) mass is 504 g/mol. The Morgan fingerprint density at radius 1 is 0.423 bits per heavy atom. The van der Waals surface area contributed by atoms with Crippen LogP contribution >= 0.6 is 94.1 Å². The van der Waals surface area contributed by atoms with Crippen molar-refractivity contribution in [1.29, 1.82) is 0 Å². The number of thioether (sulfide) groups is 8. The fraction of sp³-hybridized carbons (Fsp3) is 0.571. The average Bonchev–Trinajstić information content (AvgIpc) is 3.28. The highest BCUT2D eigenvalue weighted by atomic mass is 32.3. The van der Waals surface area contributed by atoms with Crippen molar-refractivity contribution >= 4 is 94.1 Å². The molecule has 0 aromatic carbocycles. The molecule has 0 saturated heterocycles. The number of aliphatic hydroxyl groups excluding tert-OH is 4. The van der Waals surface area contributed by atoms with Crippen LogP contribution in [0.4, 0.5) is 0 Å². The number of hydrogen-bond donors (Lipinski definition) is 4. The van der Waals surface area contributed by atoms with Crippen molar-refractivity contribution in [3.8, 4) is 0 Å². The second-order valence-corrected chi connectivity index (χ2v) is 16.1. The van der Waals surface area contributed by atoms with Crippen LogP contribution in [0.15, 0.2) is 25.4 Å². The van der Waals surface area contributed by atoms with Gasteiger partial charge < -0.3 is 20.4 Å². The SMILES string of the molecule is OCC1SC2=C(SC(=C3SC4=C(S3)S[C@H](CO)[C@H](CO)S4)S2)SC1CO. The summed E-state index contributed by atoms with van der Waals surface area (Å²) in [6.07, 6.45) is 0.